The van der Waals surface area contributed by atoms with Crippen LogP contribution in [0.3, 0.4) is 0 Å². The molecule has 0 bridgehead atoms. The Balaban J connectivity index is 1.36. The number of imidazole rings is 1. The van der Waals surface area contributed by atoms with Crippen LogP contribution in [-0.4, -0.2) is 76.0 Å². The summed E-state index contributed by atoms with van der Waals surface area (Å²) in [5, 5.41) is 0. The average Bonchev–Trinajstić information content (AvgIpc) is 3.32. The number of nitrogens with zero attached hydrogens (tertiary/aromatic N) is 5. The molecule has 1 aromatic rings. The second kappa shape index (κ2) is 7.08. The normalized spacial score (nSPS) is 28.5. The van der Waals surface area contributed by atoms with Crippen molar-refractivity contribution in [2.75, 3.05) is 45.8 Å². The van der Waals surface area contributed by atoms with E-state index in [2.05, 4.69) is 24.3 Å². The number of hydrogen-bond acceptors (Lipinski definition) is 4. The zero-order chi connectivity index (χ0) is 17.3. The van der Waals surface area contributed by atoms with Crippen LogP contribution in [0.1, 0.15) is 37.9 Å². The summed E-state index contributed by atoms with van der Waals surface area (Å²) in [6.07, 6.45) is 9.70. The van der Waals surface area contributed by atoms with E-state index in [9.17, 15) is 4.79 Å². The maximum atomic E-state index is 13.2. The van der Waals surface area contributed by atoms with Crippen molar-refractivity contribution in [3.8, 4) is 0 Å². The highest BCUT2D eigenvalue weighted by atomic mass is 16.2. The van der Waals surface area contributed by atoms with Crippen LogP contribution in [0.4, 0.5) is 0 Å². The van der Waals surface area contributed by atoms with E-state index >= 15 is 0 Å². The van der Waals surface area contributed by atoms with E-state index in [-0.39, 0.29) is 5.41 Å². The van der Waals surface area contributed by atoms with Gasteiger partial charge in [-0.3, -0.25) is 9.69 Å². The monoisotopic (exact) mass is 345 g/mol. The first-order valence-electron chi connectivity index (χ1n) is 9.87. The molecule has 0 aromatic carbocycles. The molecule has 3 saturated heterocycles. The van der Waals surface area contributed by atoms with Crippen molar-refractivity contribution in [2.24, 2.45) is 12.5 Å². The number of aromatic nitrogens is 2. The van der Waals surface area contributed by atoms with E-state index in [4.69, 9.17) is 0 Å². The van der Waals surface area contributed by atoms with Gasteiger partial charge in [-0.15, -0.1) is 0 Å². The summed E-state index contributed by atoms with van der Waals surface area (Å²) in [6, 6.07) is 0. The second-order valence-corrected chi connectivity index (χ2v) is 8.14. The summed E-state index contributed by atoms with van der Waals surface area (Å²) in [7, 11) is 2.04. The maximum Gasteiger partial charge on any atom is 0.230 e. The fourth-order valence-electron chi connectivity index (χ4n) is 4.86. The molecule has 1 amide bonds. The lowest BCUT2D eigenvalue weighted by Crippen LogP contribution is -2.48. The highest BCUT2D eigenvalue weighted by Crippen LogP contribution is 2.40. The van der Waals surface area contributed by atoms with Crippen molar-refractivity contribution in [1.82, 2.24) is 24.3 Å². The van der Waals surface area contributed by atoms with Crippen LogP contribution in [0, 0.1) is 5.41 Å². The Labute approximate surface area is 150 Å². The topological polar surface area (TPSA) is 44.6 Å². The molecule has 0 N–H and O–H groups in total. The highest BCUT2D eigenvalue weighted by Gasteiger charge is 2.48. The number of amides is 1. The van der Waals surface area contributed by atoms with Crippen molar-refractivity contribution < 1.29 is 4.79 Å². The van der Waals surface area contributed by atoms with E-state index < -0.39 is 0 Å². The predicted octanol–water partition coefficient (Wildman–Crippen LogP) is 1.33. The van der Waals surface area contributed by atoms with Gasteiger partial charge in [-0.1, -0.05) is 0 Å². The number of hydrogen-bond donors (Lipinski definition) is 0. The fourth-order valence-corrected chi connectivity index (χ4v) is 4.86. The van der Waals surface area contributed by atoms with Gasteiger partial charge in [0.2, 0.25) is 5.91 Å². The molecule has 4 rings (SSSR count). The quantitative estimate of drug-likeness (QED) is 0.808. The molecule has 25 heavy (non-hydrogen) atoms. The molecule has 1 unspecified atom stereocenters. The van der Waals surface area contributed by atoms with Crippen LogP contribution in [0.15, 0.2) is 12.4 Å². The molecular weight excluding hydrogens is 314 g/mol. The van der Waals surface area contributed by atoms with E-state index in [1.54, 1.807) is 0 Å². The molecular formula is C19H31N5O. The first-order chi connectivity index (χ1) is 12.2. The van der Waals surface area contributed by atoms with Gasteiger partial charge in [0.15, 0.2) is 0 Å². The minimum absolute atomic E-state index is 0.131. The van der Waals surface area contributed by atoms with Crippen molar-refractivity contribution in [3.05, 3.63) is 18.2 Å². The first-order valence-corrected chi connectivity index (χ1v) is 9.87. The van der Waals surface area contributed by atoms with Crippen LogP contribution in [-0.2, 0) is 18.4 Å². The predicted molar refractivity (Wildman–Crippen MR) is 97.0 cm³/mol. The zero-order valence-corrected chi connectivity index (χ0v) is 15.5. The Morgan fingerprint density at radius 2 is 1.84 bits per heavy atom. The highest BCUT2D eigenvalue weighted by molar-refractivity contribution is 5.85. The molecule has 6 nitrogen and oxygen atoms in total. The van der Waals surface area contributed by atoms with Crippen LogP contribution < -0.4 is 0 Å². The minimum atomic E-state index is -0.131. The maximum absolute atomic E-state index is 13.2. The zero-order valence-electron chi connectivity index (χ0n) is 15.5. The fraction of sp³-hybridized carbons (Fsp3) is 0.789. The van der Waals surface area contributed by atoms with Gasteiger partial charge in [0.1, 0.15) is 5.82 Å². The van der Waals surface area contributed by atoms with Gasteiger partial charge in [-0.25, -0.2) is 4.98 Å². The molecule has 3 aliphatic heterocycles. The smallest absolute Gasteiger partial charge is 0.230 e. The lowest BCUT2D eigenvalue weighted by Gasteiger charge is -2.39. The van der Waals surface area contributed by atoms with Gasteiger partial charge in [0.05, 0.1) is 12.0 Å². The number of carbonyl (C=O) groups is 1. The lowest BCUT2D eigenvalue weighted by molar-refractivity contribution is -0.139. The lowest BCUT2D eigenvalue weighted by atomic mass is 9.78. The van der Waals surface area contributed by atoms with E-state index in [1.165, 1.54) is 25.9 Å². The number of piperidine rings is 1. The summed E-state index contributed by atoms with van der Waals surface area (Å²) in [5.41, 5.74) is -0.131. The summed E-state index contributed by atoms with van der Waals surface area (Å²) < 4.78 is 2.08. The third kappa shape index (κ3) is 3.47. The Bertz CT molecular complexity index is 609. The molecule has 4 heterocycles. The van der Waals surface area contributed by atoms with Crippen LogP contribution in [0.2, 0.25) is 0 Å². The van der Waals surface area contributed by atoms with E-state index in [0.717, 1.165) is 64.4 Å². The molecule has 0 aliphatic carbocycles. The van der Waals surface area contributed by atoms with Crippen molar-refractivity contribution in [3.63, 3.8) is 0 Å². The van der Waals surface area contributed by atoms with Gasteiger partial charge < -0.3 is 14.4 Å². The largest absolute Gasteiger partial charge is 0.341 e. The van der Waals surface area contributed by atoms with Gasteiger partial charge in [-0.05, 0) is 51.7 Å². The summed E-state index contributed by atoms with van der Waals surface area (Å²) in [5.74, 6) is 1.50. The SMILES string of the molecule is Cn1ccnc1CN1CCCC2(CCN(CCN3CCCC3)C2=O)C1. The molecule has 1 aromatic heterocycles. The second-order valence-electron chi connectivity index (χ2n) is 8.14. The Kier molecular flexibility index (Phi) is 4.82. The first kappa shape index (κ1) is 17.0. The third-order valence-electron chi connectivity index (χ3n) is 6.43. The van der Waals surface area contributed by atoms with Crippen LogP contribution >= 0.6 is 0 Å². The summed E-state index contributed by atoms with van der Waals surface area (Å²) >= 11 is 0. The molecule has 138 valence electrons. The molecule has 0 radical (unpaired) electrons. The summed E-state index contributed by atoms with van der Waals surface area (Å²) in [6.45, 7) is 8.18. The Morgan fingerprint density at radius 3 is 2.60 bits per heavy atom. The van der Waals surface area contributed by atoms with E-state index in [1.807, 2.05) is 19.4 Å². The molecule has 1 spiro atoms. The summed E-state index contributed by atoms with van der Waals surface area (Å²) in [4.78, 5) is 24.7. The molecule has 1 atom stereocenters. The standard InChI is InChI=1S/C19H31N5O/c1-21-12-7-20-17(21)15-23-10-4-5-19(16-23)6-11-24(18(19)25)14-13-22-8-2-3-9-22/h7,12H,2-6,8-11,13-16H2,1H3. The molecule has 3 fully saturated rings. The number of carbonyl (C=O) groups excluding carboxylic acids is 1. The van der Waals surface area contributed by atoms with Crippen molar-refractivity contribution in [1.29, 1.82) is 0 Å². The van der Waals surface area contributed by atoms with Crippen molar-refractivity contribution >= 4 is 5.91 Å². The molecule has 0 saturated carbocycles. The number of likely N-dealkylation sites (tertiary alicyclic amines) is 3. The van der Waals surface area contributed by atoms with Gasteiger partial charge >= 0.3 is 0 Å². The van der Waals surface area contributed by atoms with Crippen LogP contribution in [0.5, 0.6) is 0 Å². The number of aryl methyl sites for hydroxylation is 1. The third-order valence-corrected chi connectivity index (χ3v) is 6.43. The Morgan fingerprint density at radius 1 is 1.04 bits per heavy atom. The average molecular weight is 345 g/mol. The Hall–Kier alpha value is -1.40. The molecule has 6 heteroatoms. The number of rotatable bonds is 5. The molecule has 3 aliphatic rings. The van der Waals surface area contributed by atoms with Gasteiger partial charge in [0.25, 0.3) is 0 Å². The van der Waals surface area contributed by atoms with Crippen molar-refractivity contribution in [2.45, 2.75) is 38.6 Å². The minimum Gasteiger partial charge on any atom is -0.341 e. The van der Waals surface area contributed by atoms with Crippen LogP contribution in [0.25, 0.3) is 0 Å². The van der Waals surface area contributed by atoms with E-state index in [0.29, 0.717) is 5.91 Å². The van der Waals surface area contributed by atoms with Gasteiger partial charge in [0, 0.05) is 45.6 Å². The van der Waals surface area contributed by atoms with Gasteiger partial charge in [-0.2, -0.15) is 0 Å².